The predicted octanol–water partition coefficient (Wildman–Crippen LogP) is 5.38. The highest BCUT2D eigenvalue weighted by atomic mass is 35.5. The van der Waals surface area contributed by atoms with Crippen LogP contribution in [0.2, 0.25) is 10.0 Å². The van der Waals surface area contributed by atoms with Gasteiger partial charge in [0.2, 0.25) is 5.78 Å². The fraction of sp³-hybridized carbons (Fsp3) is 0.235. The van der Waals surface area contributed by atoms with Crippen molar-refractivity contribution in [2.75, 3.05) is 6.61 Å². The third kappa shape index (κ3) is 4.23. The van der Waals surface area contributed by atoms with Gasteiger partial charge in [-0.05, 0) is 41.8 Å². The van der Waals surface area contributed by atoms with Gasteiger partial charge in [0.25, 0.3) is 0 Å². The van der Waals surface area contributed by atoms with Gasteiger partial charge in [0.15, 0.2) is 6.61 Å². The number of carbonyl (C=O) groups is 1. The van der Waals surface area contributed by atoms with E-state index < -0.39 is 0 Å². The van der Waals surface area contributed by atoms with Gasteiger partial charge in [-0.25, -0.2) is 0 Å². The second kappa shape index (κ2) is 6.97. The number of Topliss-reactive ketones (excluding diaryl/α,β-unsaturated/α-hetero) is 1. The van der Waals surface area contributed by atoms with Gasteiger partial charge in [-0.1, -0.05) is 49.2 Å². The van der Waals surface area contributed by atoms with Gasteiger partial charge in [0.05, 0.1) is 5.02 Å². The normalized spacial score (nSPS) is 10.7. The van der Waals surface area contributed by atoms with Crippen molar-refractivity contribution in [1.29, 1.82) is 0 Å². The molecule has 2 aromatic rings. The fourth-order valence-electron chi connectivity index (χ4n) is 1.89. The maximum atomic E-state index is 12.1. The number of hydrogen-bond acceptors (Lipinski definition) is 2. The monoisotopic (exact) mass is 322 g/mol. The van der Waals surface area contributed by atoms with E-state index in [1.165, 1.54) is 5.56 Å². The Balaban J connectivity index is 2.00. The Morgan fingerprint density at radius 1 is 1.10 bits per heavy atom. The molecule has 4 heteroatoms. The first kappa shape index (κ1) is 15.9. The van der Waals surface area contributed by atoms with Gasteiger partial charge < -0.3 is 4.74 Å². The number of halogens is 2. The van der Waals surface area contributed by atoms with Crippen molar-refractivity contribution in [3.8, 4) is 5.75 Å². The lowest BCUT2D eigenvalue weighted by atomic mass is 10.0. The van der Waals surface area contributed by atoms with E-state index in [0.717, 1.165) is 0 Å². The topological polar surface area (TPSA) is 26.3 Å². The van der Waals surface area contributed by atoms with Crippen LogP contribution in [0.4, 0.5) is 0 Å². The molecule has 0 N–H and O–H groups in total. The van der Waals surface area contributed by atoms with Gasteiger partial charge in [0, 0.05) is 10.6 Å². The number of carbonyl (C=O) groups excluding carboxylic acids is 1. The van der Waals surface area contributed by atoms with E-state index in [-0.39, 0.29) is 12.4 Å². The first-order valence-corrected chi connectivity index (χ1v) is 7.44. The largest absolute Gasteiger partial charge is 0.485 e. The minimum absolute atomic E-state index is 0.0532. The van der Waals surface area contributed by atoms with Crippen LogP contribution in [0.1, 0.15) is 35.7 Å². The Labute approximate surface area is 134 Å². The summed E-state index contributed by atoms with van der Waals surface area (Å²) in [5.74, 6) is 0.955. The van der Waals surface area contributed by atoms with Gasteiger partial charge >= 0.3 is 0 Å². The second-order valence-electron chi connectivity index (χ2n) is 5.06. The first-order valence-electron chi connectivity index (χ1n) is 6.68. The standard InChI is InChI=1S/C17H16Cl2O2/c1-11(2)12-3-6-14(7-4-12)21-10-17(20)15-8-5-13(18)9-16(15)19/h3-9,11H,10H2,1-2H3. The minimum Gasteiger partial charge on any atom is -0.485 e. The third-order valence-electron chi connectivity index (χ3n) is 3.15. The zero-order valence-electron chi connectivity index (χ0n) is 11.9. The molecular formula is C17H16Cl2O2. The van der Waals surface area contributed by atoms with Gasteiger partial charge in [-0.15, -0.1) is 0 Å². The molecule has 0 bridgehead atoms. The lowest BCUT2D eigenvalue weighted by Crippen LogP contribution is -2.12. The van der Waals surface area contributed by atoms with E-state index in [2.05, 4.69) is 13.8 Å². The molecule has 0 heterocycles. The molecule has 110 valence electrons. The van der Waals surface area contributed by atoms with Gasteiger partial charge in [-0.2, -0.15) is 0 Å². The molecule has 0 amide bonds. The van der Waals surface area contributed by atoms with E-state index in [4.69, 9.17) is 27.9 Å². The van der Waals surface area contributed by atoms with Gasteiger partial charge in [0.1, 0.15) is 5.75 Å². The average Bonchev–Trinajstić information content (AvgIpc) is 2.45. The number of benzene rings is 2. The zero-order chi connectivity index (χ0) is 15.4. The lowest BCUT2D eigenvalue weighted by molar-refractivity contribution is 0.0921. The average molecular weight is 323 g/mol. The summed E-state index contributed by atoms with van der Waals surface area (Å²) < 4.78 is 5.50. The molecule has 0 aromatic heterocycles. The molecule has 0 saturated carbocycles. The molecule has 0 unspecified atom stereocenters. The predicted molar refractivity (Wildman–Crippen MR) is 86.8 cm³/mol. The quantitative estimate of drug-likeness (QED) is 0.691. The van der Waals surface area contributed by atoms with Crippen molar-refractivity contribution in [2.24, 2.45) is 0 Å². The number of ether oxygens (including phenoxy) is 1. The second-order valence-corrected chi connectivity index (χ2v) is 5.90. The van der Waals surface area contributed by atoms with Crippen LogP contribution < -0.4 is 4.74 Å². The molecule has 2 aromatic carbocycles. The van der Waals surface area contributed by atoms with Crippen molar-refractivity contribution >= 4 is 29.0 Å². The summed E-state index contributed by atoms with van der Waals surface area (Å²) in [6.07, 6.45) is 0. The lowest BCUT2D eigenvalue weighted by Gasteiger charge is -2.09. The van der Waals surface area contributed by atoms with Crippen LogP contribution in [0.15, 0.2) is 42.5 Å². The molecule has 2 nitrogen and oxygen atoms in total. The summed E-state index contributed by atoms with van der Waals surface area (Å²) in [4.78, 5) is 12.1. The van der Waals surface area contributed by atoms with E-state index in [1.54, 1.807) is 18.2 Å². The van der Waals surface area contributed by atoms with Crippen molar-refractivity contribution < 1.29 is 9.53 Å². The smallest absolute Gasteiger partial charge is 0.201 e. The highest BCUT2D eigenvalue weighted by Gasteiger charge is 2.11. The Kier molecular flexibility index (Phi) is 5.27. The van der Waals surface area contributed by atoms with E-state index >= 15 is 0 Å². The molecule has 21 heavy (non-hydrogen) atoms. The highest BCUT2D eigenvalue weighted by Crippen LogP contribution is 2.22. The Hall–Kier alpha value is -1.51. The van der Waals surface area contributed by atoms with Crippen LogP contribution in [-0.4, -0.2) is 12.4 Å². The Bertz CT molecular complexity index is 634. The maximum absolute atomic E-state index is 12.1. The molecular weight excluding hydrogens is 307 g/mol. The van der Waals surface area contributed by atoms with Crippen molar-refractivity contribution in [1.82, 2.24) is 0 Å². The zero-order valence-corrected chi connectivity index (χ0v) is 13.4. The Morgan fingerprint density at radius 2 is 1.76 bits per heavy atom. The number of hydrogen-bond donors (Lipinski definition) is 0. The van der Waals surface area contributed by atoms with E-state index in [9.17, 15) is 4.79 Å². The molecule has 0 aliphatic carbocycles. The van der Waals surface area contributed by atoms with Crippen molar-refractivity contribution in [2.45, 2.75) is 19.8 Å². The maximum Gasteiger partial charge on any atom is 0.201 e. The first-order chi connectivity index (χ1) is 9.97. The molecule has 0 radical (unpaired) electrons. The summed E-state index contributed by atoms with van der Waals surface area (Å²) in [7, 11) is 0. The van der Waals surface area contributed by atoms with E-state index in [1.807, 2.05) is 24.3 Å². The third-order valence-corrected chi connectivity index (χ3v) is 3.70. The SMILES string of the molecule is CC(C)c1ccc(OCC(=O)c2ccc(Cl)cc2Cl)cc1. The summed E-state index contributed by atoms with van der Waals surface area (Å²) in [6.45, 7) is 4.20. The molecule has 0 fully saturated rings. The van der Waals surface area contributed by atoms with Crippen LogP contribution >= 0.6 is 23.2 Å². The highest BCUT2D eigenvalue weighted by molar-refractivity contribution is 6.36. The summed E-state index contributed by atoms with van der Waals surface area (Å²) in [5.41, 5.74) is 1.65. The number of ketones is 1. The van der Waals surface area contributed by atoms with Crippen molar-refractivity contribution in [3.63, 3.8) is 0 Å². The summed E-state index contributed by atoms with van der Waals surface area (Å²) >= 11 is 11.8. The van der Waals surface area contributed by atoms with Gasteiger partial charge in [-0.3, -0.25) is 4.79 Å². The molecule has 0 spiro atoms. The number of rotatable bonds is 5. The summed E-state index contributed by atoms with van der Waals surface area (Å²) in [5, 5.41) is 0.841. The van der Waals surface area contributed by atoms with Crippen LogP contribution in [0.25, 0.3) is 0 Å². The molecule has 0 atom stereocenters. The molecule has 0 aliphatic rings. The van der Waals surface area contributed by atoms with Crippen LogP contribution in [0, 0.1) is 0 Å². The Morgan fingerprint density at radius 3 is 2.33 bits per heavy atom. The van der Waals surface area contributed by atoms with Crippen LogP contribution in [-0.2, 0) is 0 Å². The fourth-order valence-corrected chi connectivity index (χ4v) is 2.41. The van der Waals surface area contributed by atoms with Crippen LogP contribution in [0.3, 0.4) is 0 Å². The van der Waals surface area contributed by atoms with Crippen LogP contribution in [0.5, 0.6) is 5.75 Å². The molecule has 0 aliphatic heterocycles. The summed E-state index contributed by atoms with van der Waals surface area (Å²) in [6, 6.07) is 12.5. The minimum atomic E-state index is -0.176. The van der Waals surface area contributed by atoms with Crippen molar-refractivity contribution in [3.05, 3.63) is 63.6 Å². The molecule has 0 saturated heterocycles. The molecule has 2 rings (SSSR count). The van der Waals surface area contributed by atoms with E-state index in [0.29, 0.717) is 27.3 Å².